The highest BCUT2D eigenvalue weighted by molar-refractivity contribution is 5.94. The van der Waals surface area contributed by atoms with Crippen LogP contribution < -0.4 is 11.3 Å². The molecule has 0 aromatic carbocycles. The first-order valence-corrected chi connectivity index (χ1v) is 6.50. The summed E-state index contributed by atoms with van der Waals surface area (Å²) in [7, 11) is 0. The molecule has 0 saturated carbocycles. The largest absolute Gasteiger partial charge is 0.467 e. The number of furan rings is 1. The van der Waals surface area contributed by atoms with E-state index in [0.29, 0.717) is 30.2 Å². The van der Waals surface area contributed by atoms with E-state index in [9.17, 15) is 9.59 Å². The molecule has 6 nitrogen and oxygen atoms in total. The van der Waals surface area contributed by atoms with Gasteiger partial charge in [0.1, 0.15) is 5.76 Å². The van der Waals surface area contributed by atoms with Gasteiger partial charge in [-0.15, -0.1) is 0 Å². The van der Waals surface area contributed by atoms with Crippen molar-refractivity contribution in [3.63, 3.8) is 0 Å². The summed E-state index contributed by atoms with van der Waals surface area (Å²) in [4.78, 5) is 25.2. The molecule has 0 bridgehead atoms. The van der Waals surface area contributed by atoms with Crippen molar-refractivity contribution in [3.05, 3.63) is 23.7 Å². The van der Waals surface area contributed by atoms with E-state index in [1.165, 1.54) is 6.26 Å². The smallest absolute Gasteiger partial charge is 0.268 e. The number of hydrogen-bond acceptors (Lipinski definition) is 4. The fourth-order valence-electron chi connectivity index (χ4n) is 2.52. The summed E-state index contributed by atoms with van der Waals surface area (Å²) in [5.74, 6) is 5.72. The van der Waals surface area contributed by atoms with Crippen LogP contribution in [0.1, 0.15) is 42.3 Å². The van der Waals surface area contributed by atoms with E-state index in [1.807, 2.05) is 0 Å². The van der Waals surface area contributed by atoms with E-state index in [0.717, 1.165) is 19.4 Å². The van der Waals surface area contributed by atoms with Gasteiger partial charge in [0, 0.05) is 13.0 Å². The highest BCUT2D eigenvalue weighted by atomic mass is 16.3. The van der Waals surface area contributed by atoms with E-state index in [2.05, 4.69) is 12.3 Å². The van der Waals surface area contributed by atoms with E-state index in [1.54, 1.807) is 11.0 Å². The number of nitrogen functional groups attached to an aromatic ring is 1. The summed E-state index contributed by atoms with van der Waals surface area (Å²) in [5, 5.41) is 0. The second kappa shape index (κ2) is 5.88. The van der Waals surface area contributed by atoms with Crippen LogP contribution in [0, 0.1) is 5.92 Å². The van der Waals surface area contributed by atoms with Crippen molar-refractivity contribution in [1.29, 1.82) is 0 Å². The molecule has 1 aliphatic rings. The SMILES string of the molecule is CCCC1CC(=O)N(Cc2occc2C(=O)NN)C1. The molecule has 0 spiro atoms. The third-order valence-electron chi connectivity index (χ3n) is 3.45. The summed E-state index contributed by atoms with van der Waals surface area (Å²) in [6, 6.07) is 1.56. The Labute approximate surface area is 111 Å². The molecule has 2 rings (SSSR count). The van der Waals surface area contributed by atoms with Crippen LogP contribution >= 0.6 is 0 Å². The standard InChI is InChI=1S/C13H19N3O3/c1-2-3-9-6-12(17)16(7-9)8-11-10(4-5-19-11)13(18)15-14/h4-5,9H,2-3,6-8,14H2,1H3,(H,15,18). The van der Waals surface area contributed by atoms with Crippen LogP contribution in [0.2, 0.25) is 0 Å². The Kier molecular flexibility index (Phi) is 4.21. The van der Waals surface area contributed by atoms with Gasteiger partial charge in [-0.2, -0.15) is 0 Å². The molecule has 0 radical (unpaired) electrons. The lowest BCUT2D eigenvalue weighted by molar-refractivity contribution is -0.128. The van der Waals surface area contributed by atoms with Gasteiger partial charge in [0.25, 0.3) is 5.91 Å². The Bertz CT molecular complexity index is 469. The molecule has 1 aromatic rings. The number of amides is 2. The number of carbonyl (C=O) groups excluding carboxylic acids is 2. The number of hydrogen-bond donors (Lipinski definition) is 2. The van der Waals surface area contributed by atoms with Gasteiger partial charge < -0.3 is 9.32 Å². The molecular weight excluding hydrogens is 246 g/mol. The van der Waals surface area contributed by atoms with Gasteiger partial charge in [-0.3, -0.25) is 15.0 Å². The summed E-state index contributed by atoms with van der Waals surface area (Å²) in [6.45, 7) is 3.18. The minimum Gasteiger partial charge on any atom is -0.467 e. The number of rotatable bonds is 5. The molecule has 2 amide bonds. The Morgan fingerprint density at radius 2 is 2.42 bits per heavy atom. The van der Waals surface area contributed by atoms with Gasteiger partial charge in [0.2, 0.25) is 5.91 Å². The second-order valence-corrected chi connectivity index (χ2v) is 4.86. The molecular formula is C13H19N3O3. The van der Waals surface area contributed by atoms with Crippen molar-refractivity contribution in [2.75, 3.05) is 6.54 Å². The number of carbonyl (C=O) groups is 2. The van der Waals surface area contributed by atoms with Gasteiger partial charge in [0.05, 0.1) is 18.4 Å². The zero-order valence-corrected chi connectivity index (χ0v) is 11.0. The first-order chi connectivity index (χ1) is 9.15. The average Bonchev–Trinajstić information content (AvgIpc) is 2.97. The van der Waals surface area contributed by atoms with Crippen LogP contribution in [0.15, 0.2) is 16.7 Å². The van der Waals surface area contributed by atoms with Crippen molar-refractivity contribution >= 4 is 11.8 Å². The highest BCUT2D eigenvalue weighted by Gasteiger charge is 2.30. The molecule has 1 saturated heterocycles. The maximum atomic E-state index is 11.9. The molecule has 6 heteroatoms. The predicted octanol–water partition coefficient (Wildman–Crippen LogP) is 1.03. The Morgan fingerprint density at radius 3 is 3.11 bits per heavy atom. The van der Waals surface area contributed by atoms with Gasteiger partial charge in [-0.1, -0.05) is 13.3 Å². The highest BCUT2D eigenvalue weighted by Crippen LogP contribution is 2.24. The third-order valence-corrected chi connectivity index (χ3v) is 3.45. The quantitative estimate of drug-likeness (QED) is 0.473. The lowest BCUT2D eigenvalue weighted by atomic mass is 10.0. The Morgan fingerprint density at radius 1 is 1.63 bits per heavy atom. The van der Waals surface area contributed by atoms with Gasteiger partial charge in [-0.05, 0) is 18.4 Å². The number of nitrogens with zero attached hydrogens (tertiary/aromatic N) is 1. The summed E-state index contributed by atoms with van der Waals surface area (Å²) in [5.41, 5.74) is 2.45. The zero-order valence-electron chi connectivity index (χ0n) is 11.0. The summed E-state index contributed by atoms with van der Waals surface area (Å²) >= 11 is 0. The minimum atomic E-state index is -0.402. The van der Waals surface area contributed by atoms with Crippen molar-refractivity contribution in [2.45, 2.75) is 32.7 Å². The molecule has 1 aliphatic heterocycles. The molecule has 2 heterocycles. The van der Waals surface area contributed by atoms with E-state index in [-0.39, 0.29) is 5.91 Å². The normalized spacial score (nSPS) is 18.9. The predicted molar refractivity (Wildman–Crippen MR) is 68.8 cm³/mol. The maximum absolute atomic E-state index is 11.9. The average molecular weight is 265 g/mol. The van der Waals surface area contributed by atoms with Crippen molar-refractivity contribution < 1.29 is 14.0 Å². The fourth-order valence-corrected chi connectivity index (χ4v) is 2.52. The molecule has 19 heavy (non-hydrogen) atoms. The fraction of sp³-hybridized carbons (Fsp3) is 0.538. The van der Waals surface area contributed by atoms with Crippen LogP contribution in [-0.4, -0.2) is 23.3 Å². The van der Waals surface area contributed by atoms with Crippen LogP contribution in [0.3, 0.4) is 0 Å². The van der Waals surface area contributed by atoms with Crippen LogP contribution in [0.25, 0.3) is 0 Å². The van der Waals surface area contributed by atoms with Crippen LogP contribution in [-0.2, 0) is 11.3 Å². The van der Waals surface area contributed by atoms with E-state index in [4.69, 9.17) is 10.3 Å². The Hall–Kier alpha value is -1.82. The van der Waals surface area contributed by atoms with Gasteiger partial charge in [-0.25, -0.2) is 5.84 Å². The first-order valence-electron chi connectivity index (χ1n) is 6.50. The van der Waals surface area contributed by atoms with E-state index >= 15 is 0 Å². The minimum absolute atomic E-state index is 0.119. The zero-order chi connectivity index (χ0) is 13.8. The lowest BCUT2D eigenvalue weighted by Gasteiger charge is -2.15. The van der Waals surface area contributed by atoms with Crippen LogP contribution in [0.5, 0.6) is 0 Å². The summed E-state index contributed by atoms with van der Waals surface area (Å²) < 4.78 is 5.28. The van der Waals surface area contributed by atoms with Crippen molar-refractivity contribution in [1.82, 2.24) is 10.3 Å². The van der Waals surface area contributed by atoms with Crippen molar-refractivity contribution in [2.24, 2.45) is 11.8 Å². The van der Waals surface area contributed by atoms with Gasteiger partial charge >= 0.3 is 0 Å². The molecule has 1 aromatic heterocycles. The lowest BCUT2D eigenvalue weighted by Crippen LogP contribution is -2.31. The molecule has 1 atom stereocenters. The molecule has 104 valence electrons. The molecule has 0 aliphatic carbocycles. The molecule has 1 fully saturated rings. The summed E-state index contributed by atoms with van der Waals surface area (Å²) in [6.07, 6.45) is 4.15. The Balaban J connectivity index is 2.04. The topological polar surface area (TPSA) is 88.6 Å². The third kappa shape index (κ3) is 2.96. The number of likely N-dealkylation sites (tertiary alicyclic amines) is 1. The van der Waals surface area contributed by atoms with Gasteiger partial charge in [0.15, 0.2) is 0 Å². The maximum Gasteiger partial charge on any atom is 0.268 e. The van der Waals surface area contributed by atoms with E-state index < -0.39 is 5.91 Å². The number of nitrogens with one attached hydrogen (secondary N) is 1. The molecule has 1 unspecified atom stereocenters. The van der Waals surface area contributed by atoms with Crippen molar-refractivity contribution in [3.8, 4) is 0 Å². The first kappa shape index (κ1) is 13.6. The second-order valence-electron chi connectivity index (χ2n) is 4.86. The number of nitrogens with two attached hydrogens (primary N) is 1. The number of hydrazine groups is 1. The monoisotopic (exact) mass is 265 g/mol. The molecule has 3 N–H and O–H groups in total. The van der Waals surface area contributed by atoms with Crippen LogP contribution in [0.4, 0.5) is 0 Å².